The third-order valence-corrected chi connectivity index (χ3v) is 4.34. The topological polar surface area (TPSA) is 54.9 Å². The molecule has 2 aromatic rings. The van der Waals surface area contributed by atoms with Gasteiger partial charge in [-0.1, -0.05) is 24.3 Å². The lowest BCUT2D eigenvalue weighted by molar-refractivity contribution is -0.141. The number of hydrogen-bond acceptors (Lipinski definition) is 4. The van der Waals surface area contributed by atoms with Crippen molar-refractivity contribution in [2.45, 2.75) is 31.4 Å². The largest absolute Gasteiger partial charge is 0.434 e. The number of hydrogen-bond donors (Lipinski definition) is 1. The van der Waals surface area contributed by atoms with Crippen molar-refractivity contribution in [3.05, 3.63) is 59.2 Å². The van der Waals surface area contributed by atoms with Crippen molar-refractivity contribution in [2.24, 2.45) is 0 Å². The highest BCUT2D eigenvalue weighted by Crippen LogP contribution is 2.27. The van der Waals surface area contributed by atoms with E-state index >= 15 is 0 Å². The summed E-state index contributed by atoms with van der Waals surface area (Å²) in [7, 11) is 0. The Kier molecular flexibility index (Phi) is 5.13. The first-order valence-corrected chi connectivity index (χ1v) is 8.15. The molecule has 0 saturated carbocycles. The molecule has 0 unspecified atom stereocenters. The van der Waals surface area contributed by atoms with Crippen LogP contribution in [0.15, 0.2) is 36.7 Å². The molecule has 1 aromatic heterocycles. The summed E-state index contributed by atoms with van der Waals surface area (Å²) >= 11 is 0. The van der Waals surface area contributed by atoms with Crippen molar-refractivity contribution >= 4 is 5.78 Å². The van der Waals surface area contributed by atoms with Gasteiger partial charge in [0.1, 0.15) is 5.69 Å². The van der Waals surface area contributed by atoms with Crippen molar-refractivity contribution in [3.8, 4) is 0 Å². The molecule has 1 N–H and O–H groups in total. The lowest BCUT2D eigenvalue weighted by atomic mass is 9.91. The van der Waals surface area contributed by atoms with Gasteiger partial charge in [0, 0.05) is 13.0 Å². The van der Waals surface area contributed by atoms with E-state index in [4.69, 9.17) is 0 Å². The van der Waals surface area contributed by atoms with Crippen molar-refractivity contribution in [1.82, 2.24) is 15.3 Å². The quantitative estimate of drug-likeness (QED) is 0.860. The average molecular weight is 349 g/mol. The maximum absolute atomic E-state index is 12.5. The van der Waals surface area contributed by atoms with Gasteiger partial charge in [-0.05, 0) is 36.4 Å². The summed E-state index contributed by atoms with van der Waals surface area (Å²) < 4.78 is 37.4. The monoisotopic (exact) mass is 349 g/mol. The summed E-state index contributed by atoms with van der Waals surface area (Å²) in [5.74, 6) is 0.132. The van der Waals surface area contributed by atoms with Gasteiger partial charge in [0.25, 0.3) is 0 Å². The van der Waals surface area contributed by atoms with Gasteiger partial charge >= 0.3 is 6.18 Å². The minimum Gasteiger partial charge on any atom is -0.316 e. The summed E-state index contributed by atoms with van der Waals surface area (Å²) in [6, 6.07) is 7.80. The van der Waals surface area contributed by atoms with E-state index in [9.17, 15) is 18.0 Å². The number of Topliss-reactive ketones (excluding diaryl/α,β-unsaturated/α-hetero) is 1. The molecule has 25 heavy (non-hydrogen) atoms. The molecule has 0 radical (unpaired) electrons. The first-order chi connectivity index (χ1) is 11.9. The van der Waals surface area contributed by atoms with E-state index in [-0.39, 0.29) is 17.9 Å². The van der Waals surface area contributed by atoms with E-state index in [2.05, 4.69) is 15.3 Å². The summed E-state index contributed by atoms with van der Waals surface area (Å²) in [6.07, 6.45) is -0.703. The molecule has 1 atom stereocenters. The van der Waals surface area contributed by atoms with Crippen LogP contribution in [0.25, 0.3) is 0 Å². The van der Waals surface area contributed by atoms with Gasteiger partial charge in [-0.2, -0.15) is 13.2 Å². The smallest absolute Gasteiger partial charge is 0.316 e. The molecule has 1 saturated heterocycles. The van der Waals surface area contributed by atoms with Gasteiger partial charge in [0.05, 0.1) is 12.4 Å². The molecule has 2 heterocycles. The number of nitrogens with one attached hydrogen (secondary N) is 1. The van der Waals surface area contributed by atoms with E-state index in [1.807, 2.05) is 24.3 Å². The van der Waals surface area contributed by atoms with E-state index in [1.54, 1.807) is 0 Å². The predicted octanol–water partition coefficient (Wildman–Crippen LogP) is 3.39. The molecule has 0 bridgehead atoms. The molecular formula is C18H18F3N3O. The Balaban J connectivity index is 1.64. The SMILES string of the molecule is O=C(Cc1ccc([C@@H]2CCCNC2)cc1)c1cnc(C(F)(F)F)cn1. The van der Waals surface area contributed by atoms with Crippen molar-refractivity contribution < 1.29 is 18.0 Å². The first-order valence-electron chi connectivity index (χ1n) is 8.15. The van der Waals surface area contributed by atoms with Crippen LogP contribution in [0.4, 0.5) is 13.2 Å². The van der Waals surface area contributed by atoms with Crippen LogP contribution >= 0.6 is 0 Å². The van der Waals surface area contributed by atoms with Gasteiger partial charge in [-0.3, -0.25) is 4.79 Å². The summed E-state index contributed by atoms with van der Waals surface area (Å²) in [4.78, 5) is 19.0. The molecule has 3 rings (SSSR count). The van der Waals surface area contributed by atoms with Crippen LogP contribution in [0, 0.1) is 0 Å². The number of benzene rings is 1. The molecule has 4 nitrogen and oxygen atoms in total. The zero-order valence-electron chi connectivity index (χ0n) is 13.5. The van der Waals surface area contributed by atoms with Crippen LogP contribution in [0.2, 0.25) is 0 Å². The fourth-order valence-electron chi connectivity index (χ4n) is 2.94. The second-order valence-corrected chi connectivity index (χ2v) is 6.17. The number of carbonyl (C=O) groups is 1. The minimum atomic E-state index is -4.56. The second kappa shape index (κ2) is 7.31. The molecule has 0 aliphatic carbocycles. The number of ketones is 1. The molecule has 1 aliphatic heterocycles. The summed E-state index contributed by atoms with van der Waals surface area (Å²) in [5, 5.41) is 3.37. The number of nitrogens with zero attached hydrogens (tertiary/aromatic N) is 2. The highest BCUT2D eigenvalue weighted by molar-refractivity contribution is 5.95. The number of halogens is 3. The standard InChI is InChI=1S/C18H18F3N3O/c19-18(20,21)17-11-23-15(10-24-17)16(25)8-12-3-5-13(6-4-12)14-2-1-7-22-9-14/h3-6,10-11,14,22H,1-2,7-9H2/t14-/m1/s1. The van der Waals surface area contributed by atoms with Crippen LogP contribution in [0.3, 0.4) is 0 Å². The normalized spacial score (nSPS) is 18.1. The molecule has 1 fully saturated rings. The van der Waals surface area contributed by atoms with Crippen molar-refractivity contribution in [1.29, 1.82) is 0 Å². The molecule has 1 aromatic carbocycles. The fraction of sp³-hybridized carbons (Fsp3) is 0.389. The maximum atomic E-state index is 12.5. The zero-order chi connectivity index (χ0) is 17.9. The van der Waals surface area contributed by atoms with E-state index in [0.717, 1.165) is 37.7 Å². The van der Waals surface area contributed by atoms with Crippen LogP contribution < -0.4 is 5.32 Å². The van der Waals surface area contributed by atoms with Crippen molar-refractivity contribution in [3.63, 3.8) is 0 Å². The lowest BCUT2D eigenvalue weighted by Crippen LogP contribution is -2.28. The zero-order valence-corrected chi connectivity index (χ0v) is 13.5. The number of alkyl halides is 3. The lowest BCUT2D eigenvalue weighted by Gasteiger charge is -2.23. The average Bonchev–Trinajstić information content (AvgIpc) is 2.62. The first kappa shape index (κ1) is 17.5. The van der Waals surface area contributed by atoms with E-state index < -0.39 is 11.9 Å². The van der Waals surface area contributed by atoms with Crippen LogP contribution in [0.1, 0.15) is 46.1 Å². The molecule has 1 aliphatic rings. The fourth-order valence-corrected chi connectivity index (χ4v) is 2.94. The molecule has 0 amide bonds. The Bertz CT molecular complexity index is 721. The van der Waals surface area contributed by atoms with Gasteiger partial charge in [-0.15, -0.1) is 0 Å². The minimum absolute atomic E-state index is 0.0615. The van der Waals surface area contributed by atoms with Gasteiger partial charge in [0.15, 0.2) is 11.5 Å². The Hall–Kier alpha value is -2.28. The Labute approximate surface area is 143 Å². The van der Waals surface area contributed by atoms with Gasteiger partial charge < -0.3 is 5.32 Å². The van der Waals surface area contributed by atoms with E-state index in [1.165, 1.54) is 5.56 Å². The van der Waals surface area contributed by atoms with Crippen LogP contribution in [-0.2, 0) is 12.6 Å². The molecule has 132 valence electrons. The van der Waals surface area contributed by atoms with Crippen molar-refractivity contribution in [2.75, 3.05) is 13.1 Å². The van der Waals surface area contributed by atoms with Gasteiger partial charge in [-0.25, -0.2) is 9.97 Å². The Morgan fingerprint density at radius 3 is 2.48 bits per heavy atom. The third kappa shape index (κ3) is 4.42. The molecule has 0 spiro atoms. The van der Waals surface area contributed by atoms with Gasteiger partial charge in [0.2, 0.25) is 0 Å². The predicted molar refractivity (Wildman–Crippen MR) is 86.4 cm³/mol. The Morgan fingerprint density at radius 1 is 1.16 bits per heavy atom. The number of piperidine rings is 1. The maximum Gasteiger partial charge on any atom is 0.434 e. The number of rotatable bonds is 4. The van der Waals surface area contributed by atoms with Crippen LogP contribution in [0.5, 0.6) is 0 Å². The molecular weight excluding hydrogens is 331 g/mol. The highest BCUT2D eigenvalue weighted by atomic mass is 19.4. The van der Waals surface area contributed by atoms with Crippen LogP contribution in [-0.4, -0.2) is 28.8 Å². The second-order valence-electron chi connectivity index (χ2n) is 6.17. The summed E-state index contributed by atoms with van der Waals surface area (Å²) in [6.45, 7) is 2.01. The number of aromatic nitrogens is 2. The summed E-state index contributed by atoms with van der Waals surface area (Å²) in [5.41, 5.74) is 0.875. The molecule has 7 heteroatoms. The Morgan fingerprint density at radius 2 is 1.92 bits per heavy atom. The van der Waals surface area contributed by atoms with E-state index in [0.29, 0.717) is 12.1 Å². The third-order valence-electron chi connectivity index (χ3n) is 4.34. The number of carbonyl (C=O) groups excluding carboxylic acids is 1. The highest BCUT2D eigenvalue weighted by Gasteiger charge is 2.33.